The van der Waals surface area contributed by atoms with Crippen molar-refractivity contribution in [3.63, 3.8) is 0 Å². The molecule has 2 aromatic carbocycles. The van der Waals surface area contributed by atoms with Gasteiger partial charge in [0.1, 0.15) is 10.6 Å². The molecular weight excluding hydrogens is 414 g/mol. The maximum absolute atomic E-state index is 12.8. The van der Waals surface area contributed by atoms with Crippen LogP contribution in [0.3, 0.4) is 0 Å². The number of sulfonamides is 1. The molecule has 1 saturated heterocycles. The lowest BCUT2D eigenvalue weighted by atomic mass is 10.0. The Morgan fingerprint density at radius 3 is 2.42 bits per heavy atom. The predicted molar refractivity (Wildman–Crippen MR) is 121 cm³/mol. The number of hydrogen-bond donors (Lipinski definition) is 2. The van der Waals surface area contributed by atoms with Gasteiger partial charge in [-0.2, -0.15) is 0 Å². The highest BCUT2D eigenvalue weighted by molar-refractivity contribution is 7.89. The Morgan fingerprint density at radius 2 is 1.81 bits per heavy atom. The summed E-state index contributed by atoms with van der Waals surface area (Å²) in [5, 5.41) is 3.05. The third kappa shape index (κ3) is 6.29. The highest BCUT2D eigenvalue weighted by atomic mass is 32.2. The molecule has 7 nitrogen and oxygen atoms in total. The number of likely N-dealkylation sites (tertiary alicyclic amines) is 1. The Balaban J connectivity index is 1.62. The Labute approximate surface area is 184 Å². The summed E-state index contributed by atoms with van der Waals surface area (Å²) in [7, 11) is -2.38. The molecule has 2 aromatic rings. The first kappa shape index (κ1) is 23.2. The summed E-state index contributed by atoms with van der Waals surface area (Å²) in [6.45, 7) is 6.19. The molecule has 3 rings (SSSR count). The van der Waals surface area contributed by atoms with Crippen LogP contribution < -0.4 is 14.8 Å². The summed E-state index contributed by atoms with van der Waals surface area (Å²) >= 11 is 0. The zero-order valence-corrected chi connectivity index (χ0v) is 19.1. The largest absolute Gasteiger partial charge is 0.495 e. The van der Waals surface area contributed by atoms with Gasteiger partial charge in [0, 0.05) is 37.3 Å². The molecule has 0 radical (unpaired) electrons. The van der Waals surface area contributed by atoms with E-state index in [0.717, 1.165) is 32.5 Å². The highest BCUT2D eigenvalue weighted by Crippen LogP contribution is 2.25. The first-order chi connectivity index (χ1) is 14.8. The molecule has 0 spiro atoms. The summed E-state index contributed by atoms with van der Waals surface area (Å²) in [5.41, 5.74) is 1.59. The number of benzene rings is 2. The minimum absolute atomic E-state index is 0.0333. The molecule has 1 fully saturated rings. The summed E-state index contributed by atoms with van der Waals surface area (Å²) < 4.78 is 33.0. The summed E-state index contributed by atoms with van der Waals surface area (Å²) in [4.78, 5) is 15.2. The van der Waals surface area contributed by atoms with Crippen molar-refractivity contribution in [2.24, 2.45) is 0 Å². The lowest BCUT2D eigenvalue weighted by molar-refractivity contribution is 0.0908. The SMILES string of the molecule is COc1ccc(C(=O)NC2CCN(Cc3ccccc3)CC2)cc1S(=O)(=O)NC(C)C. The molecule has 1 amide bonds. The van der Waals surface area contributed by atoms with E-state index in [1.54, 1.807) is 19.9 Å². The summed E-state index contributed by atoms with van der Waals surface area (Å²) in [6.07, 6.45) is 1.71. The third-order valence-corrected chi connectivity index (χ3v) is 6.96. The van der Waals surface area contributed by atoms with E-state index in [2.05, 4.69) is 27.1 Å². The van der Waals surface area contributed by atoms with Gasteiger partial charge in [-0.25, -0.2) is 13.1 Å². The smallest absolute Gasteiger partial charge is 0.251 e. The van der Waals surface area contributed by atoms with Gasteiger partial charge >= 0.3 is 0 Å². The fourth-order valence-electron chi connectivity index (χ4n) is 3.75. The Kier molecular flexibility index (Phi) is 7.69. The van der Waals surface area contributed by atoms with Crippen LogP contribution in [-0.4, -0.2) is 51.5 Å². The maximum Gasteiger partial charge on any atom is 0.251 e. The number of carbonyl (C=O) groups excluding carboxylic acids is 1. The zero-order chi connectivity index (χ0) is 22.4. The van der Waals surface area contributed by atoms with Crippen molar-refractivity contribution in [2.75, 3.05) is 20.2 Å². The van der Waals surface area contributed by atoms with Crippen LogP contribution in [0, 0.1) is 0 Å². The number of nitrogens with one attached hydrogen (secondary N) is 2. The lowest BCUT2D eigenvalue weighted by Crippen LogP contribution is -2.44. The molecule has 168 valence electrons. The average molecular weight is 446 g/mol. The standard InChI is InChI=1S/C23H31N3O4S/c1-17(2)25-31(28,29)22-15-19(9-10-21(22)30-3)23(27)24-20-11-13-26(14-12-20)16-18-7-5-4-6-8-18/h4-10,15,17,20,25H,11-14,16H2,1-3H3,(H,24,27). The number of hydrogen-bond acceptors (Lipinski definition) is 5. The van der Waals surface area contributed by atoms with Crippen molar-refractivity contribution < 1.29 is 17.9 Å². The first-order valence-corrected chi connectivity index (χ1v) is 12.0. The maximum atomic E-state index is 12.8. The van der Waals surface area contributed by atoms with Crippen LogP contribution in [0.1, 0.15) is 42.6 Å². The molecule has 0 aromatic heterocycles. The van der Waals surface area contributed by atoms with Gasteiger partial charge in [-0.05, 0) is 50.5 Å². The van der Waals surface area contributed by atoms with Gasteiger partial charge in [0.2, 0.25) is 10.0 Å². The molecule has 8 heteroatoms. The van der Waals surface area contributed by atoms with Gasteiger partial charge in [-0.1, -0.05) is 30.3 Å². The van der Waals surface area contributed by atoms with E-state index in [1.807, 2.05) is 18.2 Å². The van der Waals surface area contributed by atoms with Crippen LogP contribution in [0.2, 0.25) is 0 Å². The van der Waals surface area contributed by atoms with Gasteiger partial charge in [-0.15, -0.1) is 0 Å². The summed E-state index contributed by atoms with van der Waals surface area (Å²) in [6, 6.07) is 14.6. The van der Waals surface area contributed by atoms with Crippen LogP contribution in [0.5, 0.6) is 5.75 Å². The van der Waals surface area contributed by atoms with Crippen molar-refractivity contribution >= 4 is 15.9 Å². The molecular formula is C23H31N3O4S. The van der Waals surface area contributed by atoms with E-state index in [1.165, 1.54) is 24.8 Å². The van der Waals surface area contributed by atoms with E-state index >= 15 is 0 Å². The van der Waals surface area contributed by atoms with Crippen LogP contribution in [0.25, 0.3) is 0 Å². The number of carbonyl (C=O) groups is 1. The van der Waals surface area contributed by atoms with Crippen molar-refractivity contribution in [1.82, 2.24) is 14.9 Å². The third-order valence-electron chi connectivity index (χ3n) is 5.28. The Hall–Kier alpha value is -2.42. The number of methoxy groups -OCH3 is 1. The molecule has 0 atom stereocenters. The molecule has 1 aliphatic heterocycles. The van der Waals surface area contributed by atoms with E-state index in [0.29, 0.717) is 5.56 Å². The van der Waals surface area contributed by atoms with Gasteiger partial charge in [0.05, 0.1) is 7.11 Å². The monoisotopic (exact) mass is 445 g/mol. The second-order valence-corrected chi connectivity index (χ2v) is 9.83. The van der Waals surface area contributed by atoms with E-state index in [9.17, 15) is 13.2 Å². The lowest BCUT2D eigenvalue weighted by Gasteiger charge is -2.32. The first-order valence-electron chi connectivity index (χ1n) is 10.6. The normalized spacial score (nSPS) is 15.7. The Morgan fingerprint density at radius 1 is 1.13 bits per heavy atom. The van der Waals surface area contributed by atoms with E-state index in [4.69, 9.17) is 4.74 Å². The number of amides is 1. The zero-order valence-electron chi connectivity index (χ0n) is 18.3. The molecule has 0 bridgehead atoms. The van der Waals surface area contributed by atoms with Gasteiger partial charge in [-0.3, -0.25) is 9.69 Å². The molecule has 2 N–H and O–H groups in total. The number of rotatable bonds is 8. The molecule has 0 saturated carbocycles. The fourth-order valence-corrected chi connectivity index (χ4v) is 5.19. The van der Waals surface area contributed by atoms with E-state index < -0.39 is 10.0 Å². The van der Waals surface area contributed by atoms with Crippen LogP contribution in [-0.2, 0) is 16.6 Å². The number of ether oxygens (including phenoxy) is 1. The molecule has 0 unspecified atom stereocenters. The van der Waals surface area contributed by atoms with Crippen molar-refractivity contribution in [2.45, 2.75) is 50.2 Å². The van der Waals surface area contributed by atoms with E-state index in [-0.39, 0.29) is 28.6 Å². The highest BCUT2D eigenvalue weighted by Gasteiger charge is 2.25. The molecule has 0 aliphatic carbocycles. The quantitative estimate of drug-likeness (QED) is 0.652. The van der Waals surface area contributed by atoms with Crippen molar-refractivity contribution in [3.8, 4) is 5.75 Å². The second kappa shape index (κ2) is 10.3. The predicted octanol–water partition coefficient (Wildman–Crippen LogP) is 2.78. The topological polar surface area (TPSA) is 87.7 Å². The second-order valence-electron chi connectivity index (χ2n) is 8.15. The number of piperidine rings is 1. The minimum Gasteiger partial charge on any atom is -0.495 e. The van der Waals surface area contributed by atoms with Crippen molar-refractivity contribution in [1.29, 1.82) is 0 Å². The minimum atomic E-state index is -3.79. The number of nitrogens with zero attached hydrogens (tertiary/aromatic N) is 1. The van der Waals surface area contributed by atoms with Gasteiger partial charge in [0.25, 0.3) is 5.91 Å². The van der Waals surface area contributed by atoms with Crippen LogP contribution >= 0.6 is 0 Å². The average Bonchev–Trinajstić information content (AvgIpc) is 2.74. The fraction of sp³-hybridized carbons (Fsp3) is 0.435. The van der Waals surface area contributed by atoms with Gasteiger partial charge < -0.3 is 10.1 Å². The van der Waals surface area contributed by atoms with Crippen LogP contribution in [0.4, 0.5) is 0 Å². The van der Waals surface area contributed by atoms with Crippen LogP contribution in [0.15, 0.2) is 53.4 Å². The summed E-state index contributed by atoms with van der Waals surface area (Å²) in [5.74, 6) is -0.0657. The molecule has 1 aliphatic rings. The molecule has 31 heavy (non-hydrogen) atoms. The Bertz CT molecular complexity index is 985. The molecule has 1 heterocycles. The van der Waals surface area contributed by atoms with Crippen molar-refractivity contribution in [3.05, 3.63) is 59.7 Å². The van der Waals surface area contributed by atoms with Gasteiger partial charge in [0.15, 0.2) is 0 Å².